The van der Waals surface area contributed by atoms with Gasteiger partial charge in [-0.1, -0.05) is 36.4 Å². The van der Waals surface area contributed by atoms with Crippen LogP contribution in [0.3, 0.4) is 0 Å². The van der Waals surface area contributed by atoms with Crippen LogP contribution in [0, 0.1) is 0 Å². The third-order valence-electron chi connectivity index (χ3n) is 6.15. The molecule has 2 aliphatic rings. The summed E-state index contributed by atoms with van der Waals surface area (Å²) in [6.45, 7) is 8.36. The maximum Gasteiger partial charge on any atom is 0.119 e. The summed E-state index contributed by atoms with van der Waals surface area (Å²) >= 11 is 0. The lowest BCUT2D eigenvalue weighted by Gasteiger charge is -2.30. The Labute approximate surface area is 180 Å². The van der Waals surface area contributed by atoms with E-state index in [0.29, 0.717) is 13.2 Å². The van der Waals surface area contributed by atoms with Gasteiger partial charge in [0.15, 0.2) is 0 Å². The molecule has 4 rings (SSSR count). The van der Waals surface area contributed by atoms with Crippen molar-refractivity contribution in [3.8, 4) is 5.75 Å². The van der Waals surface area contributed by atoms with Crippen molar-refractivity contribution in [2.45, 2.75) is 38.5 Å². The second-order valence-corrected chi connectivity index (χ2v) is 8.59. The quantitative estimate of drug-likeness (QED) is 0.591. The van der Waals surface area contributed by atoms with E-state index in [9.17, 15) is 5.11 Å². The summed E-state index contributed by atoms with van der Waals surface area (Å²) in [5.41, 5.74) is 4.03. The van der Waals surface area contributed by atoms with Crippen molar-refractivity contribution in [2.24, 2.45) is 0 Å². The number of aliphatic hydroxyl groups is 1. The zero-order valence-electron chi connectivity index (χ0n) is 17.9. The van der Waals surface area contributed by atoms with E-state index in [2.05, 4.69) is 51.5 Å². The van der Waals surface area contributed by atoms with E-state index in [4.69, 9.17) is 4.74 Å². The zero-order valence-corrected chi connectivity index (χ0v) is 17.9. The molecule has 2 aromatic carbocycles. The molecule has 2 N–H and O–H groups in total. The molecule has 162 valence electrons. The van der Waals surface area contributed by atoms with E-state index in [1.807, 2.05) is 12.1 Å². The van der Waals surface area contributed by atoms with Crippen LogP contribution in [0.15, 0.2) is 48.5 Å². The number of nitrogens with zero attached hydrogens (tertiary/aromatic N) is 2. The number of β-amino-alcohol motifs (C(OH)–C–C–N with tert-alkyl or cyclic N) is 1. The van der Waals surface area contributed by atoms with Crippen molar-refractivity contribution in [1.29, 1.82) is 0 Å². The average molecular weight is 410 g/mol. The van der Waals surface area contributed by atoms with Crippen LogP contribution >= 0.6 is 0 Å². The van der Waals surface area contributed by atoms with Gasteiger partial charge in [0.25, 0.3) is 0 Å². The first kappa shape index (κ1) is 21.3. The summed E-state index contributed by atoms with van der Waals surface area (Å²) < 4.78 is 5.89. The Morgan fingerprint density at radius 3 is 2.67 bits per heavy atom. The average Bonchev–Trinajstić information content (AvgIpc) is 3.29. The van der Waals surface area contributed by atoms with Crippen LogP contribution in [0.2, 0.25) is 0 Å². The normalized spacial score (nSPS) is 18.3. The molecule has 2 aliphatic heterocycles. The van der Waals surface area contributed by atoms with E-state index >= 15 is 0 Å². The molecule has 0 aliphatic carbocycles. The monoisotopic (exact) mass is 409 g/mol. The largest absolute Gasteiger partial charge is 0.491 e. The topological polar surface area (TPSA) is 48.0 Å². The highest BCUT2D eigenvalue weighted by molar-refractivity contribution is 5.29. The summed E-state index contributed by atoms with van der Waals surface area (Å²) in [5.74, 6) is 0.830. The van der Waals surface area contributed by atoms with Crippen molar-refractivity contribution in [3.63, 3.8) is 0 Å². The number of hydrogen-bond donors (Lipinski definition) is 2. The molecule has 0 amide bonds. The van der Waals surface area contributed by atoms with Gasteiger partial charge >= 0.3 is 0 Å². The minimum atomic E-state index is -0.488. The van der Waals surface area contributed by atoms with Crippen LogP contribution in [0.4, 0.5) is 0 Å². The van der Waals surface area contributed by atoms with Crippen LogP contribution in [0.5, 0.6) is 5.75 Å². The van der Waals surface area contributed by atoms with Crippen LogP contribution in [-0.4, -0.2) is 66.9 Å². The van der Waals surface area contributed by atoms with Crippen LogP contribution in [-0.2, 0) is 19.5 Å². The number of likely N-dealkylation sites (tertiary alicyclic amines) is 1. The first-order valence-corrected chi connectivity index (χ1v) is 11.4. The molecular weight excluding hydrogens is 374 g/mol. The third kappa shape index (κ3) is 6.29. The Hall–Kier alpha value is -1.92. The lowest BCUT2D eigenvalue weighted by molar-refractivity contribution is 0.0637. The fourth-order valence-corrected chi connectivity index (χ4v) is 4.47. The number of ether oxygens (including phenoxy) is 1. The fourth-order valence-electron chi connectivity index (χ4n) is 4.47. The molecule has 0 aromatic heterocycles. The van der Waals surface area contributed by atoms with Gasteiger partial charge in [-0.2, -0.15) is 0 Å². The highest BCUT2D eigenvalue weighted by Crippen LogP contribution is 2.19. The van der Waals surface area contributed by atoms with Gasteiger partial charge in [-0.25, -0.2) is 0 Å². The summed E-state index contributed by atoms with van der Waals surface area (Å²) in [7, 11) is 0. The predicted molar refractivity (Wildman–Crippen MR) is 121 cm³/mol. The molecule has 5 nitrogen and oxygen atoms in total. The Morgan fingerprint density at radius 2 is 1.80 bits per heavy atom. The Kier molecular flexibility index (Phi) is 7.76. The third-order valence-corrected chi connectivity index (χ3v) is 6.15. The van der Waals surface area contributed by atoms with Crippen LogP contribution in [0.1, 0.15) is 29.5 Å². The van der Waals surface area contributed by atoms with Crippen LogP contribution < -0.4 is 10.1 Å². The molecule has 1 saturated heterocycles. The highest BCUT2D eigenvalue weighted by Gasteiger charge is 2.18. The van der Waals surface area contributed by atoms with Gasteiger partial charge in [-0.3, -0.25) is 4.90 Å². The zero-order chi connectivity index (χ0) is 20.6. The first-order chi connectivity index (χ1) is 14.8. The molecular formula is C25H35N3O2. The van der Waals surface area contributed by atoms with E-state index in [1.54, 1.807) is 0 Å². The smallest absolute Gasteiger partial charge is 0.119 e. The van der Waals surface area contributed by atoms with Gasteiger partial charge in [0.2, 0.25) is 0 Å². The van der Waals surface area contributed by atoms with Crippen molar-refractivity contribution >= 4 is 0 Å². The maximum atomic E-state index is 10.5. The Bertz CT molecular complexity index is 791. The summed E-state index contributed by atoms with van der Waals surface area (Å²) in [4.78, 5) is 4.84. The fraction of sp³-hybridized carbons (Fsp3) is 0.520. The van der Waals surface area contributed by atoms with Crippen molar-refractivity contribution in [1.82, 2.24) is 15.1 Å². The van der Waals surface area contributed by atoms with Crippen molar-refractivity contribution in [2.75, 3.05) is 45.9 Å². The highest BCUT2D eigenvalue weighted by atomic mass is 16.5. The number of hydrogen-bond acceptors (Lipinski definition) is 5. The van der Waals surface area contributed by atoms with Gasteiger partial charge in [-0.15, -0.1) is 0 Å². The number of benzene rings is 2. The van der Waals surface area contributed by atoms with E-state index < -0.39 is 6.10 Å². The van der Waals surface area contributed by atoms with Crippen molar-refractivity contribution in [3.05, 3.63) is 65.2 Å². The van der Waals surface area contributed by atoms with Gasteiger partial charge < -0.3 is 20.1 Å². The molecule has 2 aromatic rings. The predicted octanol–water partition coefficient (Wildman–Crippen LogP) is 2.67. The minimum Gasteiger partial charge on any atom is -0.491 e. The lowest BCUT2D eigenvalue weighted by Crippen LogP contribution is -2.38. The molecule has 30 heavy (non-hydrogen) atoms. The first-order valence-electron chi connectivity index (χ1n) is 11.4. The van der Waals surface area contributed by atoms with Gasteiger partial charge in [0.05, 0.1) is 0 Å². The summed E-state index contributed by atoms with van der Waals surface area (Å²) in [5, 5.41) is 14.0. The molecule has 5 heteroatoms. The SMILES string of the molecule is O[C@H](COc1cccc(CNCCN2CCCC2)c1)CN1CCc2ccccc2C1. The van der Waals surface area contributed by atoms with Crippen molar-refractivity contribution < 1.29 is 9.84 Å². The standard InChI is InChI=1S/C25H35N3O2/c29-24(19-28-14-10-22-7-1-2-8-23(22)18-28)20-30-25-9-5-6-21(16-25)17-26-11-15-27-12-3-4-13-27/h1-2,5-9,16,24,26,29H,3-4,10-15,17-20H2/t24-/m0/s1. The van der Waals surface area contributed by atoms with Gasteiger partial charge in [-0.05, 0) is 61.2 Å². The second-order valence-electron chi connectivity index (χ2n) is 8.59. The van der Waals surface area contributed by atoms with Gasteiger partial charge in [0, 0.05) is 39.3 Å². The number of fused-ring (bicyclic) bond motifs is 1. The molecule has 1 atom stereocenters. The molecule has 0 radical (unpaired) electrons. The Balaban J connectivity index is 1.17. The molecule has 1 fully saturated rings. The van der Waals surface area contributed by atoms with E-state index in [-0.39, 0.29) is 0 Å². The minimum absolute atomic E-state index is 0.323. The molecule has 0 spiro atoms. The molecule has 0 unspecified atom stereocenters. The lowest BCUT2D eigenvalue weighted by atomic mass is 10.00. The molecule has 2 heterocycles. The second kappa shape index (κ2) is 10.9. The van der Waals surface area contributed by atoms with Crippen LogP contribution in [0.25, 0.3) is 0 Å². The molecule has 0 saturated carbocycles. The van der Waals surface area contributed by atoms with Gasteiger partial charge in [0.1, 0.15) is 18.5 Å². The number of aliphatic hydroxyl groups excluding tert-OH is 1. The summed E-state index contributed by atoms with van der Waals surface area (Å²) in [6.07, 6.45) is 3.25. The van der Waals surface area contributed by atoms with E-state index in [0.717, 1.165) is 44.9 Å². The maximum absolute atomic E-state index is 10.5. The number of nitrogens with one attached hydrogen (secondary N) is 1. The molecule has 0 bridgehead atoms. The number of rotatable bonds is 10. The Morgan fingerprint density at radius 1 is 0.967 bits per heavy atom. The van der Waals surface area contributed by atoms with E-state index in [1.165, 1.54) is 42.6 Å². The summed E-state index contributed by atoms with van der Waals surface area (Å²) in [6, 6.07) is 16.8.